The number of piperazine rings is 1. The molecule has 1 atom stereocenters. The van der Waals surface area contributed by atoms with Gasteiger partial charge in [0.15, 0.2) is 11.6 Å². The lowest BCUT2D eigenvalue weighted by molar-refractivity contribution is -0.137. The average Bonchev–Trinajstić information content (AvgIpc) is 3.46. The van der Waals surface area contributed by atoms with E-state index in [9.17, 15) is 18.0 Å². The first-order valence-corrected chi connectivity index (χ1v) is 14.1. The number of carbonyl (C=O) groups excluding carboxylic acids is 1. The third-order valence-corrected chi connectivity index (χ3v) is 8.08. The highest BCUT2D eigenvalue weighted by Crippen LogP contribution is 2.45. The Bertz CT molecular complexity index is 1580. The minimum absolute atomic E-state index is 0.0281. The summed E-state index contributed by atoms with van der Waals surface area (Å²) in [7, 11) is 1.43. The van der Waals surface area contributed by atoms with E-state index in [1.165, 1.54) is 30.5 Å². The Kier molecular flexibility index (Phi) is 8.61. The number of aromatic nitrogens is 5. The molecule has 15 heteroatoms. The van der Waals surface area contributed by atoms with Gasteiger partial charge < -0.3 is 16.0 Å². The molecular formula is C29H35F3N10O2. The normalized spacial score (nSPS) is 19.5. The van der Waals surface area contributed by atoms with Gasteiger partial charge in [0.2, 0.25) is 11.9 Å². The fourth-order valence-corrected chi connectivity index (χ4v) is 5.57. The molecule has 1 fully saturated rings. The Morgan fingerprint density at radius 2 is 1.80 bits per heavy atom. The molecule has 4 N–H and O–H groups in total. The molecule has 12 nitrogen and oxygen atoms in total. The van der Waals surface area contributed by atoms with Crippen molar-refractivity contribution in [3.8, 4) is 5.82 Å². The van der Waals surface area contributed by atoms with Gasteiger partial charge in [0.05, 0.1) is 18.2 Å². The highest BCUT2D eigenvalue weighted by molar-refractivity contribution is 5.93. The lowest BCUT2D eigenvalue weighted by Crippen LogP contribution is -2.49. The van der Waals surface area contributed by atoms with Crippen LogP contribution in [0.25, 0.3) is 5.82 Å². The van der Waals surface area contributed by atoms with E-state index in [2.05, 4.69) is 49.6 Å². The molecule has 1 aromatic carbocycles. The molecule has 3 heterocycles. The van der Waals surface area contributed by atoms with Crippen molar-refractivity contribution in [2.24, 2.45) is 5.73 Å². The van der Waals surface area contributed by atoms with Crippen LogP contribution in [0.15, 0.2) is 60.2 Å². The van der Waals surface area contributed by atoms with Crippen molar-refractivity contribution in [1.29, 1.82) is 0 Å². The van der Waals surface area contributed by atoms with Crippen LogP contribution < -0.4 is 21.4 Å². The minimum atomic E-state index is -4.62. The maximum Gasteiger partial charge on any atom is 0.416 e. The number of primary amides is 1. The van der Waals surface area contributed by atoms with Gasteiger partial charge in [0, 0.05) is 56.0 Å². The number of benzene rings is 1. The van der Waals surface area contributed by atoms with E-state index in [0.717, 1.165) is 19.2 Å². The number of hydrogen-bond donors (Lipinski definition) is 3. The maximum absolute atomic E-state index is 14.4. The molecular weight excluding hydrogens is 577 g/mol. The summed E-state index contributed by atoms with van der Waals surface area (Å²) in [6.45, 7) is 8.58. The Morgan fingerprint density at radius 3 is 2.45 bits per heavy atom. The van der Waals surface area contributed by atoms with Gasteiger partial charge in [0.25, 0.3) is 0 Å². The van der Waals surface area contributed by atoms with E-state index in [1.54, 1.807) is 31.2 Å². The average molecular weight is 613 g/mol. The van der Waals surface area contributed by atoms with Crippen LogP contribution in [0.2, 0.25) is 0 Å². The van der Waals surface area contributed by atoms with E-state index in [1.807, 2.05) is 4.90 Å². The van der Waals surface area contributed by atoms with Crippen molar-refractivity contribution in [2.45, 2.75) is 44.9 Å². The highest BCUT2D eigenvalue weighted by atomic mass is 19.4. The van der Waals surface area contributed by atoms with Crippen molar-refractivity contribution in [1.82, 2.24) is 29.6 Å². The first-order chi connectivity index (χ1) is 20.9. The van der Waals surface area contributed by atoms with Crippen LogP contribution in [0, 0.1) is 0 Å². The molecule has 1 aliphatic heterocycles. The zero-order chi connectivity index (χ0) is 31.6. The molecule has 1 saturated heterocycles. The molecule has 3 aromatic rings. The summed E-state index contributed by atoms with van der Waals surface area (Å²) in [4.78, 5) is 34.3. The van der Waals surface area contributed by atoms with Crippen molar-refractivity contribution in [3.63, 3.8) is 0 Å². The fourth-order valence-electron chi connectivity index (χ4n) is 5.57. The number of nitrogens with one attached hydrogen (secondary N) is 2. The van der Waals surface area contributed by atoms with Crippen LogP contribution in [0.4, 0.5) is 30.6 Å². The number of allylic oxidation sites excluding steroid dienone is 2. The van der Waals surface area contributed by atoms with Crippen LogP contribution in [0.3, 0.4) is 0 Å². The SMILES string of the molecule is CONc1cc(-n2ncnc2NC2(c3cc(N4CCN(C(C)C)CC4)cc(C(F)(F)F)c3)CC(C(N)=O)=CC=C2C)ncn1. The first kappa shape index (κ1) is 30.9. The van der Waals surface area contributed by atoms with Gasteiger partial charge in [-0.05, 0) is 50.1 Å². The van der Waals surface area contributed by atoms with Gasteiger partial charge in [-0.25, -0.2) is 15.4 Å². The summed E-state index contributed by atoms with van der Waals surface area (Å²) in [5.74, 6) is 0.159. The number of hydrogen-bond acceptors (Lipinski definition) is 10. The van der Waals surface area contributed by atoms with E-state index in [-0.39, 0.29) is 17.9 Å². The monoisotopic (exact) mass is 612 g/mol. The molecule has 1 aliphatic carbocycles. The number of nitrogens with zero attached hydrogens (tertiary/aromatic N) is 7. The van der Waals surface area contributed by atoms with Gasteiger partial charge in [-0.2, -0.15) is 27.9 Å². The van der Waals surface area contributed by atoms with Crippen LogP contribution in [-0.2, 0) is 21.3 Å². The highest BCUT2D eigenvalue weighted by Gasteiger charge is 2.42. The number of carbonyl (C=O) groups is 1. The van der Waals surface area contributed by atoms with Crippen molar-refractivity contribution < 1.29 is 22.8 Å². The minimum Gasteiger partial charge on any atom is -0.369 e. The van der Waals surface area contributed by atoms with Crippen LogP contribution in [0.1, 0.15) is 38.3 Å². The van der Waals surface area contributed by atoms with Crippen molar-refractivity contribution in [3.05, 3.63) is 71.3 Å². The molecule has 0 saturated carbocycles. The number of halogens is 3. The van der Waals surface area contributed by atoms with Crippen molar-refractivity contribution in [2.75, 3.05) is 49.0 Å². The largest absolute Gasteiger partial charge is 0.416 e. The summed E-state index contributed by atoms with van der Waals surface area (Å²) in [6.07, 6.45) is 1.22. The first-order valence-electron chi connectivity index (χ1n) is 14.1. The van der Waals surface area contributed by atoms with Crippen LogP contribution >= 0.6 is 0 Å². The second-order valence-corrected chi connectivity index (χ2v) is 11.1. The summed E-state index contributed by atoms with van der Waals surface area (Å²) in [6, 6.07) is 5.95. The molecule has 5 rings (SSSR count). The Morgan fingerprint density at radius 1 is 1.05 bits per heavy atom. The number of alkyl halides is 3. The molecule has 2 aromatic heterocycles. The smallest absolute Gasteiger partial charge is 0.369 e. The molecule has 2 aliphatic rings. The Labute approximate surface area is 252 Å². The Hall–Kier alpha value is -4.50. The van der Waals surface area contributed by atoms with E-state index in [0.29, 0.717) is 47.6 Å². The van der Waals surface area contributed by atoms with E-state index in [4.69, 9.17) is 10.6 Å². The van der Waals surface area contributed by atoms with Crippen LogP contribution in [-0.4, -0.2) is 74.9 Å². The lowest BCUT2D eigenvalue weighted by atomic mass is 9.74. The molecule has 234 valence electrons. The third kappa shape index (κ3) is 6.24. The summed E-state index contributed by atoms with van der Waals surface area (Å²) < 4.78 is 44.7. The summed E-state index contributed by atoms with van der Waals surface area (Å²) >= 11 is 0. The predicted octanol–water partition coefficient (Wildman–Crippen LogP) is 3.65. The maximum atomic E-state index is 14.4. The van der Waals surface area contributed by atoms with Gasteiger partial charge in [-0.1, -0.05) is 12.2 Å². The molecule has 1 unspecified atom stereocenters. The third-order valence-electron chi connectivity index (χ3n) is 8.08. The molecule has 0 radical (unpaired) electrons. The van der Waals surface area contributed by atoms with E-state index < -0.39 is 23.2 Å². The predicted molar refractivity (Wildman–Crippen MR) is 159 cm³/mol. The second-order valence-electron chi connectivity index (χ2n) is 11.1. The van der Waals surface area contributed by atoms with Gasteiger partial charge in [0.1, 0.15) is 12.7 Å². The summed E-state index contributed by atoms with van der Waals surface area (Å²) in [5.41, 5.74) is 7.82. The number of anilines is 3. The quantitative estimate of drug-likeness (QED) is 0.307. The van der Waals surface area contributed by atoms with Crippen LogP contribution in [0.5, 0.6) is 0 Å². The van der Waals surface area contributed by atoms with Gasteiger partial charge in [-0.3, -0.25) is 14.5 Å². The van der Waals surface area contributed by atoms with Gasteiger partial charge >= 0.3 is 6.18 Å². The molecule has 0 spiro atoms. The topological polar surface area (TPSA) is 139 Å². The fraction of sp³-hybridized carbons (Fsp3) is 0.414. The van der Waals surface area contributed by atoms with Crippen molar-refractivity contribution >= 4 is 23.4 Å². The molecule has 1 amide bonds. The standard InChI is InChI=1S/C29H35F3N10O2/c1-18(2)40-7-9-41(10-8-40)23-12-21(11-22(13-23)29(30,31)32)28(15-20(26(33)43)6-5-19(28)3)38-27-36-17-37-42(27)25-14-24(39-44-4)34-16-35-25/h5-6,11-14,16-18H,7-10,15H2,1-4H3,(H2,33,43)(H,34,35,39)(H,36,37,38). The van der Waals surface area contributed by atoms with Gasteiger partial charge in [-0.15, -0.1) is 0 Å². The lowest BCUT2D eigenvalue weighted by Gasteiger charge is -2.41. The molecule has 44 heavy (non-hydrogen) atoms. The number of amides is 1. The zero-order valence-corrected chi connectivity index (χ0v) is 24.9. The number of nitrogens with two attached hydrogens (primary N) is 1. The molecule has 0 bridgehead atoms. The Balaban J connectivity index is 1.63. The second kappa shape index (κ2) is 12.2. The number of rotatable bonds is 9. The van der Waals surface area contributed by atoms with E-state index >= 15 is 0 Å². The summed E-state index contributed by atoms with van der Waals surface area (Å²) in [5, 5.41) is 7.63. The zero-order valence-electron chi connectivity index (χ0n) is 24.9.